The van der Waals surface area contributed by atoms with Crippen molar-refractivity contribution in [1.82, 2.24) is 0 Å². The fourth-order valence-electron chi connectivity index (χ4n) is 2.73. The monoisotopic (exact) mass is 355 g/mol. The number of fused-ring (bicyclic) bond motifs is 1. The van der Waals surface area contributed by atoms with Crippen molar-refractivity contribution in [3.8, 4) is 0 Å². The molecule has 0 saturated heterocycles. The van der Waals surface area contributed by atoms with Crippen molar-refractivity contribution in [2.24, 2.45) is 0 Å². The van der Waals surface area contributed by atoms with Crippen molar-refractivity contribution in [3.63, 3.8) is 0 Å². The number of nitrogens with zero attached hydrogens (tertiary/aromatic N) is 1. The molecule has 0 aliphatic rings. The van der Waals surface area contributed by atoms with Crippen LogP contribution in [0.5, 0.6) is 0 Å². The highest BCUT2D eigenvalue weighted by Crippen LogP contribution is 2.12. The smallest absolute Gasteiger partial charge is 0.227 e. The maximum absolute atomic E-state index is 12.6. The van der Waals surface area contributed by atoms with Gasteiger partial charge >= 0.3 is 0 Å². The Balaban J connectivity index is 0.00000176. The van der Waals surface area contributed by atoms with Crippen LogP contribution in [0.25, 0.3) is 10.9 Å². The molecule has 1 aromatic heterocycles. The molecule has 3 aromatic rings. The van der Waals surface area contributed by atoms with E-state index in [9.17, 15) is 4.79 Å². The zero-order valence-electron chi connectivity index (χ0n) is 12.7. The molecule has 1 heterocycles. The number of ketones is 1. The lowest BCUT2D eigenvalue weighted by Crippen LogP contribution is -3.00. The summed E-state index contributed by atoms with van der Waals surface area (Å²) < 4.78 is 2.01. The minimum atomic E-state index is 0. The van der Waals surface area contributed by atoms with Crippen LogP contribution in [0.15, 0.2) is 60.8 Å². The molecule has 22 heavy (non-hydrogen) atoms. The number of carbonyl (C=O) groups is 1. The van der Waals surface area contributed by atoms with Crippen molar-refractivity contribution < 1.29 is 26.3 Å². The first-order valence-corrected chi connectivity index (χ1v) is 7.13. The average molecular weight is 356 g/mol. The molecule has 2 nitrogen and oxygen atoms in total. The summed E-state index contributed by atoms with van der Waals surface area (Å²) in [7, 11) is 0. The second-order valence-electron chi connectivity index (χ2n) is 5.44. The summed E-state index contributed by atoms with van der Waals surface area (Å²) in [5, 5.41) is 1.15. The van der Waals surface area contributed by atoms with Gasteiger partial charge < -0.3 is 17.0 Å². The molecular weight excluding hydrogens is 338 g/mol. The van der Waals surface area contributed by atoms with Gasteiger partial charge in [0.05, 0.1) is 0 Å². The minimum absolute atomic E-state index is 0. The SMILES string of the molecule is Cc1ccc(C(=O)C[n+]2cccc3ccccc32)c(C)c1.[Br-]. The van der Waals surface area contributed by atoms with Crippen molar-refractivity contribution >= 4 is 16.7 Å². The predicted molar refractivity (Wildman–Crippen MR) is 84.4 cm³/mol. The summed E-state index contributed by atoms with van der Waals surface area (Å²) in [5.74, 6) is 0.147. The van der Waals surface area contributed by atoms with E-state index in [-0.39, 0.29) is 22.8 Å². The van der Waals surface area contributed by atoms with E-state index >= 15 is 0 Å². The number of hydrogen-bond acceptors (Lipinski definition) is 1. The summed E-state index contributed by atoms with van der Waals surface area (Å²) in [6.07, 6.45) is 1.96. The largest absolute Gasteiger partial charge is 1.00 e. The van der Waals surface area contributed by atoms with Crippen molar-refractivity contribution in [3.05, 3.63) is 77.5 Å². The normalized spacial score (nSPS) is 10.3. The van der Waals surface area contributed by atoms with E-state index in [2.05, 4.69) is 18.2 Å². The van der Waals surface area contributed by atoms with E-state index in [0.717, 1.165) is 22.0 Å². The molecule has 0 fully saturated rings. The number of aryl methyl sites for hydroxylation is 2. The number of halogens is 1. The molecule has 0 bridgehead atoms. The molecule has 0 atom stereocenters. The number of para-hydroxylation sites is 1. The van der Waals surface area contributed by atoms with Gasteiger partial charge in [-0.25, -0.2) is 0 Å². The number of pyridine rings is 1. The summed E-state index contributed by atoms with van der Waals surface area (Å²) in [6.45, 7) is 4.40. The zero-order valence-corrected chi connectivity index (χ0v) is 14.3. The Labute approximate surface area is 141 Å². The first-order valence-electron chi connectivity index (χ1n) is 7.13. The van der Waals surface area contributed by atoms with Gasteiger partial charge in [0.2, 0.25) is 17.8 Å². The van der Waals surface area contributed by atoms with E-state index in [1.54, 1.807) is 0 Å². The van der Waals surface area contributed by atoms with Crippen molar-refractivity contribution in [2.45, 2.75) is 20.4 Å². The third-order valence-electron chi connectivity index (χ3n) is 3.78. The van der Waals surface area contributed by atoms with Crippen LogP contribution < -0.4 is 21.5 Å². The standard InChI is InChI=1S/C19H18NO.BrH/c1-14-9-10-17(15(2)12-14)19(21)13-20-11-5-7-16-6-3-4-8-18(16)20;/h3-12H,13H2,1-2H3;1H/q+1;/p-1. The van der Waals surface area contributed by atoms with Crippen LogP contribution in [0.4, 0.5) is 0 Å². The topological polar surface area (TPSA) is 20.9 Å². The van der Waals surface area contributed by atoms with E-state index in [1.165, 1.54) is 5.56 Å². The number of aromatic nitrogens is 1. The third kappa shape index (κ3) is 3.25. The lowest BCUT2D eigenvalue weighted by Gasteiger charge is -2.05. The predicted octanol–water partition coefficient (Wildman–Crippen LogP) is 0.631. The van der Waals surface area contributed by atoms with Gasteiger partial charge in [0.1, 0.15) is 0 Å². The van der Waals surface area contributed by atoms with E-state index < -0.39 is 0 Å². The number of Topliss-reactive ketones (excluding diaryl/α,β-unsaturated/α-hetero) is 1. The molecular formula is C19H18BrNO. The molecule has 0 aliphatic heterocycles. The highest BCUT2D eigenvalue weighted by molar-refractivity contribution is 5.96. The summed E-state index contributed by atoms with van der Waals surface area (Å²) in [5.41, 5.74) is 4.11. The molecule has 0 N–H and O–H groups in total. The highest BCUT2D eigenvalue weighted by Gasteiger charge is 2.16. The Morgan fingerprint density at radius 1 is 1.00 bits per heavy atom. The number of benzene rings is 2. The van der Waals surface area contributed by atoms with Crippen molar-refractivity contribution in [2.75, 3.05) is 0 Å². The van der Waals surface area contributed by atoms with Gasteiger partial charge in [0.25, 0.3) is 0 Å². The second-order valence-corrected chi connectivity index (χ2v) is 5.44. The van der Waals surface area contributed by atoms with Crippen LogP contribution in [0.3, 0.4) is 0 Å². The van der Waals surface area contributed by atoms with Crippen molar-refractivity contribution in [1.29, 1.82) is 0 Å². The Morgan fingerprint density at radius 2 is 1.73 bits per heavy atom. The van der Waals surface area contributed by atoms with E-state index in [0.29, 0.717) is 6.54 Å². The molecule has 0 unspecified atom stereocenters. The van der Waals surface area contributed by atoms with Crippen LogP contribution in [0, 0.1) is 13.8 Å². The van der Waals surface area contributed by atoms with Crippen LogP contribution in [-0.4, -0.2) is 5.78 Å². The molecule has 3 rings (SSSR count). The number of rotatable bonds is 3. The molecule has 0 aliphatic carbocycles. The maximum atomic E-state index is 12.6. The Hall–Kier alpha value is -2.00. The lowest BCUT2D eigenvalue weighted by molar-refractivity contribution is -0.657. The molecule has 0 spiro atoms. The molecule has 112 valence electrons. The summed E-state index contributed by atoms with van der Waals surface area (Å²) in [6, 6.07) is 18.1. The van der Waals surface area contributed by atoms with Gasteiger partial charge in [0.15, 0.2) is 6.20 Å². The van der Waals surface area contributed by atoms with Gasteiger partial charge in [-0.3, -0.25) is 4.79 Å². The Kier molecular flexibility index (Phi) is 5.09. The van der Waals surface area contributed by atoms with Crippen LogP contribution in [0.2, 0.25) is 0 Å². The quantitative estimate of drug-likeness (QED) is 0.498. The lowest BCUT2D eigenvalue weighted by atomic mass is 10.0. The molecule has 0 amide bonds. The fourth-order valence-corrected chi connectivity index (χ4v) is 2.73. The Morgan fingerprint density at radius 3 is 2.50 bits per heavy atom. The van der Waals surface area contributed by atoms with E-state index in [4.69, 9.17) is 0 Å². The number of hydrogen-bond donors (Lipinski definition) is 0. The zero-order chi connectivity index (χ0) is 14.8. The second kappa shape index (κ2) is 6.84. The first kappa shape index (κ1) is 16.4. The van der Waals surface area contributed by atoms with Crippen LogP contribution >= 0.6 is 0 Å². The molecule has 2 aromatic carbocycles. The molecule has 0 saturated carbocycles. The van der Waals surface area contributed by atoms with Gasteiger partial charge in [-0.05, 0) is 31.5 Å². The Bertz CT molecular complexity index is 821. The van der Waals surface area contributed by atoms with Crippen LogP contribution in [-0.2, 0) is 6.54 Å². The maximum Gasteiger partial charge on any atom is 0.227 e. The minimum Gasteiger partial charge on any atom is -1.00 e. The molecule has 0 radical (unpaired) electrons. The first-order chi connectivity index (χ1) is 10.1. The fraction of sp³-hybridized carbons (Fsp3) is 0.158. The van der Waals surface area contributed by atoms with Gasteiger partial charge in [-0.15, -0.1) is 0 Å². The summed E-state index contributed by atoms with van der Waals surface area (Å²) >= 11 is 0. The highest BCUT2D eigenvalue weighted by atomic mass is 79.9. The van der Waals surface area contributed by atoms with Gasteiger partial charge in [0, 0.05) is 23.1 Å². The van der Waals surface area contributed by atoms with Gasteiger partial charge in [-0.1, -0.05) is 35.9 Å². The van der Waals surface area contributed by atoms with Gasteiger partial charge in [-0.2, -0.15) is 4.57 Å². The summed E-state index contributed by atoms with van der Waals surface area (Å²) in [4.78, 5) is 12.6. The number of carbonyl (C=O) groups excluding carboxylic acids is 1. The third-order valence-corrected chi connectivity index (χ3v) is 3.78. The molecule has 3 heteroatoms. The van der Waals surface area contributed by atoms with Crippen LogP contribution in [0.1, 0.15) is 21.5 Å². The average Bonchev–Trinajstić information content (AvgIpc) is 2.47. The van der Waals surface area contributed by atoms with E-state index in [1.807, 2.05) is 61.0 Å².